The van der Waals surface area contributed by atoms with Crippen LogP contribution in [-0.2, 0) is 11.3 Å². The minimum atomic E-state index is -1.07. The number of carbonyl (C=O) groups is 2. The molecule has 0 unspecified atom stereocenters. The molecule has 1 heterocycles. The number of hydrogen-bond acceptors (Lipinski definition) is 5. The molecular formula is C13H21N3O4S. The van der Waals surface area contributed by atoms with Gasteiger partial charge in [-0.2, -0.15) is 0 Å². The van der Waals surface area contributed by atoms with E-state index < -0.39 is 5.97 Å². The number of aromatic carboxylic acids is 1. The molecule has 1 aromatic rings. The molecule has 3 N–H and O–H groups in total. The highest BCUT2D eigenvalue weighted by molar-refractivity contribution is 7.09. The lowest BCUT2D eigenvalue weighted by Crippen LogP contribution is -2.40. The first-order valence-corrected chi connectivity index (χ1v) is 7.40. The van der Waals surface area contributed by atoms with Crippen LogP contribution in [0.4, 0.5) is 4.79 Å². The molecule has 8 heteroatoms. The fourth-order valence-electron chi connectivity index (χ4n) is 1.50. The Bertz CT molecular complexity index is 488. The van der Waals surface area contributed by atoms with Crippen LogP contribution in [0.1, 0.15) is 35.8 Å². The number of ether oxygens (including phenoxy) is 1. The summed E-state index contributed by atoms with van der Waals surface area (Å²) >= 11 is 1.20. The van der Waals surface area contributed by atoms with Crippen LogP contribution >= 0.6 is 11.3 Å². The highest BCUT2D eigenvalue weighted by atomic mass is 32.1. The molecule has 118 valence electrons. The van der Waals surface area contributed by atoms with Gasteiger partial charge in [-0.3, -0.25) is 0 Å². The number of hydrogen-bond donors (Lipinski definition) is 3. The Balaban J connectivity index is 2.32. The van der Waals surface area contributed by atoms with Crippen molar-refractivity contribution in [2.24, 2.45) is 5.41 Å². The number of carboxylic acid groups (broad SMARTS) is 1. The Morgan fingerprint density at radius 1 is 1.43 bits per heavy atom. The number of amides is 2. The first kappa shape index (κ1) is 17.4. The Kier molecular flexibility index (Phi) is 6.57. The lowest BCUT2D eigenvalue weighted by Gasteiger charge is -2.24. The number of thiazole rings is 1. The molecule has 0 aliphatic carbocycles. The van der Waals surface area contributed by atoms with Crippen molar-refractivity contribution in [3.05, 3.63) is 16.1 Å². The van der Waals surface area contributed by atoms with Crippen LogP contribution in [0.3, 0.4) is 0 Å². The van der Waals surface area contributed by atoms with Crippen molar-refractivity contribution in [3.8, 4) is 0 Å². The third-order valence-electron chi connectivity index (χ3n) is 2.88. The fraction of sp³-hybridized carbons (Fsp3) is 0.615. The van der Waals surface area contributed by atoms with Crippen LogP contribution in [0.25, 0.3) is 0 Å². The second kappa shape index (κ2) is 7.94. The predicted octanol–water partition coefficient (Wildman–Crippen LogP) is 1.70. The van der Waals surface area contributed by atoms with E-state index in [9.17, 15) is 9.59 Å². The molecule has 0 bridgehead atoms. The third kappa shape index (κ3) is 6.54. The largest absolute Gasteiger partial charge is 0.476 e. The van der Waals surface area contributed by atoms with Gasteiger partial charge in [0.05, 0.1) is 6.54 Å². The van der Waals surface area contributed by atoms with Gasteiger partial charge in [0.2, 0.25) is 0 Å². The molecule has 1 rings (SSSR count). The molecule has 0 atom stereocenters. The third-order valence-corrected chi connectivity index (χ3v) is 3.73. The molecule has 2 amide bonds. The van der Waals surface area contributed by atoms with Crippen molar-refractivity contribution in [1.29, 1.82) is 0 Å². The first-order valence-electron chi connectivity index (χ1n) is 6.52. The molecule has 1 aromatic heterocycles. The minimum Gasteiger partial charge on any atom is -0.476 e. The SMILES string of the molecule is COCCC(C)(C)CNC(=O)NCc1nc(C(=O)O)cs1. The predicted molar refractivity (Wildman–Crippen MR) is 79.6 cm³/mol. The summed E-state index contributed by atoms with van der Waals surface area (Å²) in [5, 5.41) is 16.2. The van der Waals surface area contributed by atoms with Crippen molar-refractivity contribution in [3.63, 3.8) is 0 Å². The number of nitrogens with zero attached hydrogens (tertiary/aromatic N) is 1. The van der Waals surface area contributed by atoms with E-state index in [4.69, 9.17) is 9.84 Å². The van der Waals surface area contributed by atoms with Crippen LogP contribution in [0.2, 0.25) is 0 Å². The Labute approximate surface area is 127 Å². The standard InChI is InChI=1S/C13H21N3O4S/c1-13(2,4-5-20-3)8-15-12(19)14-6-10-16-9(7-21-10)11(17)18/h7H,4-6,8H2,1-3H3,(H,17,18)(H2,14,15,19). The van der Waals surface area contributed by atoms with Gasteiger partial charge in [-0.15, -0.1) is 11.3 Å². The normalized spacial score (nSPS) is 11.2. The molecule has 0 saturated heterocycles. The zero-order valence-corrected chi connectivity index (χ0v) is 13.2. The van der Waals surface area contributed by atoms with E-state index >= 15 is 0 Å². The Morgan fingerprint density at radius 2 is 2.14 bits per heavy atom. The van der Waals surface area contributed by atoms with E-state index in [0.29, 0.717) is 18.2 Å². The van der Waals surface area contributed by atoms with Gasteiger partial charge >= 0.3 is 12.0 Å². The van der Waals surface area contributed by atoms with Gasteiger partial charge < -0.3 is 20.5 Å². The monoisotopic (exact) mass is 315 g/mol. The second-order valence-electron chi connectivity index (χ2n) is 5.37. The summed E-state index contributed by atoms with van der Waals surface area (Å²) in [6.07, 6.45) is 0.845. The summed E-state index contributed by atoms with van der Waals surface area (Å²) in [5.41, 5.74) is -0.0525. The summed E-state index contributed by atoms with van der Waals surface area (Å²) < 4.78 is 5.03. The summed E-state index contributed by atoms with van der Waals surface area (Å²) in [5.74, 6) is -1.07. The number of methoxy groups -OCH3 is 1. The van der Waals surface area contributed by atoms with Gasteiger partial charge in [0, 0.05) is 25.6 Å². The number of carboxylic acids is 1. The topological polar surface area (TPSA) is 101 Å². The maximum absolute atomic E-state index is 11.7. The lowest BCUT2D eigenvalue weighted by molar-refractivity contribution is 0.0691. The maximum atomic E-state index is 11.7. The van der Waals surface area contributed by atoms with Crippen LogP contribution in [0.5, 0.6) is 0 Å². The highest BCUT2D eigenvalue weighted by Crippen LogP contribution is 2.18. The summed E-state index contributed by atoms with van der Waals surface area (Å²) in [4.78, 5) is 26.3. The van der Waals surface area contributed by atoms with E-state index in [-0.39, 0.29) is 23.7 Å². The van der Waals surface area contributed by atoms with E-state index in [1.165, 1.54) is 16.7 Å². The number of nitrogens with one attached hydrogen (secondary N) is 2. The Morgan fingerprint density at radius 3 is 2.71 bits per heavy atom. The molecule has 0 spiro atoms. The smallest absolute Gasteiger partial charge is 0.355 e. The molecule has 21 heavy (non-hydrogen) atoms. The van der Waals surface area contributed by atoms with Gasteiger partial charge in [0.1, 0.15) is 5.01 Å². The quantitative estimate of drug-likeness (QED) is 0.678. The van der Waals surface area contributed by atoms with Crippen molar-refractivity contribution >= 4 is 23.3 Å². The highest BCUT2D eigenvalue weighted by Gasteiger charge is 2.18. The van der Waals surface area contributed by atoms with E-state index in [1.54, 1.807) is 7.11 Å². The lowest BCUT2D eigenvalue weighted by atomic mass is 9.90. The summed E-state index contributed by atoms with van der Waals surface area (Å²) in [7, 11) is 1.65. The van der Waals surface area contributed by atoms with Crippen LogP contribution in [0, 0.1) is 5.41 Å². The van der Waals surface area contributed by atoms with E-state index in [0.717, 1.165) is 6.42 Å². The van der Waals surface area contributed by atoms with Gasteiger partial charge in [-0.25, -0.2) is 14.6 Å². The number of aromatic nitrogens is 1. The molecule has 0 aliphatic heterocycles. The van der Waals surface area contributed by atoms with Crippen molar-refractivity contribution in [2.75, 3.05) is 20.3 Å². The number of urea groups is 1. The number of carbonyl (C=O) groups excluding carboxylic acids is 1. The second-order valence-corrected chi connectivity index (χ2v) is 6.32. The van der Waals surface area contributed by atoms with E-state index in [1.807, 2.05) is 13.8 Å². The fourth-order valence-corrected chi connectivity index (χ4v) is 2.20. The molecular weight excluding hydrogens is 294 g/mol. The molecule has 0 fully saturated rings. The van der Waals surface area contributed by atoms with Crippen LogP contribution in [0.15, 0.2) is 5.38 Å². The van der Waals surface area contributed by atoms with Gasteiger partial charge in [0.25, 0.3) is 0 Å². The molecule has 7 nitrogen and oxygen atoms in total. The minimum absolute atomic E-state index is 0.00194. The number of rotatable bonds is 8. The summed E-state index contributed by atoms with van der Waals surface area (Å²) in [6, 6.07) is -0.299. The average Bonchev–Trinajstić information content (AvgIpc) is 2.90. The van der Waals surface area contributed by atoms with Crippen molar-refractivity contribution in [1.82, 2.24) is 15.6 Å². The van der Waals surface area contributed by atoms with Gasteiger partial charge in [-0.1, -0.05) is 13.8 Å². The maximum Gasteiger partial charge on any atom is 0.355 e. The van der Waals surface area contributed by atoms with Crippen molar-refractivity contribution in [2.45, 2.75) is 26.8 Å². The molecule has 0 aliphatic rings. The molecule has 0 aromatic carbocycles. The van der Waals surface area contributed by atoms with Gasteiger partial charge in [-0.05, 0) is 11.8 Å². The summed E-state index contributed by atoms with van der Waals surface area (Å²) in [6.45, 7) is 5.48. The van der Waals surface area contributed by atoms with Crippen LogP contribution < -0.4 is 10.6 Å². The zero-order valence-electron chi connectivity index (χ0n) is 12.4. The van der Waals surface area contributed by atoms with Crippen LogP contribution in [-0.4, -0.2) is 42.4 Å². The van der Waals surface area contributed by atoms with E-state index in [2.05, 4.69) is 15.6 Å². The Hall–Kier alpha value is -1.67. The first-order chi connectivity index (χ1) is 9.84. The van der Waals surface area contributed by atoms with Crippen molar-refractivity contribution < 1.29 is 19.4 Å². The van der Waals surface area contributed by atoms with Gasteiger partial charge in [0.15, 0.2) is 5.69 Å². The zero-order chi connectivity index (χ0) is 15.9. The molecule has 0 radical (unpaired) electrons. The average molecular weight is 315 g/mol. The molecule has 0 saturated carbocycles.